The molecular weight excluding hydrogens is 278 g/mol. The van der Waals surface area contributed by atoms with Gasteiger partial charge in [0.15, 0.2) is 0 Å². The molecular formula is C17H21N3O2. The zero-order chi connectivity index (χ0) is 16.1. The molecule has 0 spiro atoms. The van der Waals surface area contributed by atoms with Crippen molar-refractivity contribution in [2.24, 2.45) is 0 Å². The number of carbonyl (C=O) groups excluding carboxylic acids is 1. The molecule has 116 valence electrons. The zero-order valence-corrected chi connectivity index (χ0v) is 13.4. The molecule has 0 aliphatic heterocycles. The summed E-state index contributed by atoms with van der Waals surface area (Å²) in [6.45, 7) is 6.33. The van der Waals surface area contributed by atoms with Gasteiger partial charge in [0.1, 0.15) is 11.6 Å². The minimum Gasteiger partial charge on any atom is -0.497 e. The van der Waals surface area contributed by atoms with Gasteiger partial charge in [-0.1, -0.05) is 26.0 Å². The highest BCUT2D eigenvalue weighted by molar-refractivity contribution is 5.94. The van der Waals surface area contributed by atoms with Crippen LogP contribution in [0.15, 0.2) is 30.5 Å². The summed E-state index contributed by atoms with van der Waals surface area (Å²) in [5.74, 6) is 1.63. The maximum Gasteiger partial charge on any atom is 0.254 e. The molecule has 5 heteroatoms. The molecule has 2 aromatic rings. The normalized spacial score (nSPS) is 10.6. The molecule has 0 bridgehead atoms. The second-order valence-electron chi connectivity index (χ2n) is 5.41. The number of ether oxygens (including phenoxy) is 1. The van der Waals surface area contributed by atoms with Crippen LogP contribution in [-0.4, -0.2) is 23.0 Å². The molecule has 2 rings (SSSR count). The molecule has 1 aromatic heterocycles. The highest BCUT2D eigenvalue weighted by Crippen LogP contribution is 2.13. The molecule has 1 amide bonds. The van der Waals surface area contributed by atoms with E-state index in [1.807, 2.05) is 45.0 Å². The SMILES string of the molecule is COc1ccc(CNC(=O)c2cnc(C(C)C)nc2C)cc1. The Morgan fingerprint density at radius 1 is 1.27 bits per heavy atom. The van der Waals surface area contributed by atoms with E-state index in [4.69, 9.17) is 4.74 Å². The maximum atomic E-state index is 12.2. The molecule has 5 nitrogen and oxygen atoms in total. The van der Waals surface area contributed by atoms with Crippen molar-refractivity contribution >= 4 is 5.91 Å². The first-order valence-electron chi connectivity index (χ1n) is 7.26. The number of hydrogen-bond donors (Lipinski definition) is 1. The van der Waals surface area contributed by atoms with Crippen LogP contribution in [0, 0.1) is 6.92 Å². The van der Waals surface area contributed by atoms with Crippen molar-refractivity contribution in [3.05, 3.63) is 53.1 Å². The smallest absolute Gasteiger partial charge is 0.254 e. The molecule has 22 heavy (non-hydrogen) atoms. The third kappa shape index (κ3) is 3.81. The van der Waals surface area contributed by atoms with Gasteiger partial charge in [-0.25, -0.2) is 9.97 Å². The number of aryl methyl sites for hydroxylation is 1. The first-order chi connectivity index (χ1) is 10.5. The van der Waals surface area contributed by atoms with Crippen LogP contribution in [0.1, 0.15) is 47.2 Å². The zero-order valence-electron chi connectivity index (χ0n) is 13.4. The summed E-state index contributed by atoms with van der Waals surface area (Å²) in [5, 5.41) is 2.88. The monoisotopic (exact) mass is 299 g/mol. The van der Waals surface area contributed by atoms with Crippen LogP contribution in [-0.2, 0) is 6.54 Å². The minimum absolute atomic E-state index is 0.163. The fourth-order valence-electron chi connectivity index (χ4n) is 2.01. The summed E-state index contributed by atoms with van der Waals surface area (Å²) in [6.07, 6.45) is 1.60. The van der Waals surface area contributed by atoms with Gasteiger partial charge >= 0.3 is 0 Å². The van der Waals surface area contributed by atoms with Crippen molar-refractivity contribution in [2.45, 2.75) is 33.2 Å². The van der Waals surface area contributed by atoms with Crippen LogP contribution in [0.3, 0.4) is 0 Å². The maximum absolute atomic E-state index is 12.2. The van der Waals surface area contributed by atoms with E-state index >= 15 is 0 Å². The molecule has 0 saturated heterocycles. The van der Waals surface area contributed by atoms with Gasteiger partial charge in [0, 0.05) is 18.7 Å². The molecule has 0 aliphatic rings. The second-order valence-corrected chi connectivity index (χ2v) is 5.41. The number of methoxy groups -OCH3 is 1. The molecule has 0 fully saturated rings. The van der Waals surface area contributed by atoms with Crippen molar-refractivity contribution in [3.8, 4) is 5.75 Å². The summed E-state index contributed by atoms with van der Waals surface area (Å²) >= 11 is 0. The van der Waals surface area contributed by atoms with Crippen molar-refractivity contribution in [1.29, 1.82) is 0 Å². The predicted molar refractivity (Wildman–Crippen MR) is 85.0 cm³/mol. The van der Waals surface area contributed by atoms with Crippen molar-refractivity contribution in [1.82, 2.24) is 15.3 Å². The summed E-state index contributed by atoms with van der Waals surface area (Å²) in [5.41, 5.74) is 2.22. The topological polar surface area (TPSA) is 64.1 Å². The highest BCUT2D eigenvalue weighted by atomic mass is 16.5. The molecule has 0 radical (unpaired) electrons. The molecule has 1 heterocycles. The number of nitrogens with zero attached hydrogens (tertiary/aromatic N) is 2. The lowest BCUT2D eigenvalue weighted by molar-refractivity contribution is 0.0949. The summed E-state index contributed by atoms with van der Waals surface area (Å²) < 4.78 is 5.11. The number of amides is 1. The fraction of sp³-hybridized carbons (Fsp3) is 0.353. The molecule has 0 atom stereocenters. The third-order valence-electron chi connectivity index (χ3n) is 3.37. The van der Waals surface area contributed by atoms with Crippen LogP contribution in [0.25, 0.3) is 0 Å². The Hall–Kier alpha value is -2.43. The summed E-state index contributed by atoms with van der Waals surface area (Å²) in [7, 11) is 1.63. The van der Waals surface area contributed by atoms with Gasteiger partial charge in [0.2, 0.25) is 0 Å². The quantitative estimate of drug-likeness (QED) is 0.922. The van der Waals surface area contributed by atoms with E-state index in [1.165, 1.54) is 0 Å². The Balaban J connectivity index is 2.02. The van der Waals surface area contributed by atoms with Crippen molar-refractivity contribution < 1.29 is 9.53 Å². The largest absolute Gasteiger partial charge is 0.497 e. The Morgan fingerprint density at radius 2 is 1.95 bits per heavy atom. The number of benzene rings is 1. The number of nitrogens with one attached hydrogen (secondary N) is 1. The van der Waals surface area contributed by atoms with Gasteiger partial charge in [-0.05, 0) is 24.6 Å². The van der Waals surface area contributed by atoms with Crippen LogP contribution in [0.4, 0.5) is 0 Å². The van der Waals surface area contributed by atoms with E-state index in [2.05, 4.69) is 15.3 Å². The van der Waals surface area contributed by atoms with Gasteiger partial charge in [-0.15, -0.1) is 0 Å². The molecule has 0 aliphatic carbocycles. The predicted octanol–water partition coefficient (Wildman–Crippen LogP) is 2.85. The van der Waals surface area contributed by atoms with E-state index in [0.717, 1.165) is 17.1 Å². The van der Waals surface area contributed by atoms with Crippen LogP contribution in [0.2, 0.25) is 0 Å². The molecule has 0 unspecified atom stereocenters. The number of aromatic nitrogens is 2. The Bertz CT molecular complexity index is 651. The third-order valence-corrected chi connectivity index (χ3v) is 3.37. The van der Waals surface area contributed by atoms with Crippen LogP contribution >= 0.6 is 0 Å². The average Bonchev–Trinajstić information content (AvgIpc) is 2.52. The highest BCUT2D eigenvalue weighted by Gasteiger charge is 2.12. The van der Waals surface area contributed by atoms with Gasteiger partial charge < -0.3 is 10.1 Å². The second kappa shape index (κ2) is 7.02. The molecule has 0 saturated carbocycles. The molecule has 1 aromatic carbocycles. The first kappa shape index (κ1) is 15.9. The standard InChI is InChI=1S/C17H21N3O2/c1-11(2)16-18-10-15(12(3)20-16)17(21)19-9-13-5-7-14(22-4)8-6-13/h5-8,10-11H,9H2,1-4H3,(H,19,21). The van der Waals surface area contributed by atoms with Crippen LogP contribution < -0.4 is 10.1 Å². The van der Waals surface area contributed by atoms with E-state index < -0.39 is 0 Å². The van der Waals surface area contributed by atoms with Crippen molar-refractivity contribution in [2.75, 3.05) is 7.11 Å². The van der Waals surface area contributed by atoms with Gasteiger partial charge in [0.25, 0.3) is 5.91 Å². The van der Waals surface area contributed by atoms with E-state index in [1.54, 1.807) is 13.3 Å². The Labute approximate surface area is 130 Å². The van der Waals surface area contributed by atoms with E-state index in [9.17, 15) is 4.79 Å². The number of carbonyl (C=O) groups is 1. The van der Waals surface area contributed by atoms with Gasteiger partial charge in [-0.2, -0.15) is 0 Å². The average molecular weight is 299 g/mol. The van der Waals surface area contributed by atoms with Gasteiger partial charge in [0.05, 0.1) is 18.4 Å². The fourth-order valence-corrected chi connectivity index (χ4v) is 2.01. The lowest BCUT2D eigenvalue weighted by atomic mass is 10.1. The Morgan fingerprint density at radius 3 is 2.50 bits per heavy atom. The Kier molecular flexibility index (Phi) is 5.09. The summed E-state index contributed by atoms with van der Waals surface area (Å²) in [4.78, 5) is 20.9. The van der Waals surface area contributed by atoms with Gasteiger partial charge in [-0.3, -0.25) is 4.79 Å². The first-order valence-corrected chi connectivity index (χ1v) is 7.26. The lowest BCUT2D eigenvalue weighted by Crippen LogP contribution is -2.24. The molecule has 1 N–H and O–H groups in total. The minimum atomic E-state index is -0.163. The van der Waals surface area contributed by atoms with E-state index in [0.29, 0.717) is 17.8 Å². The lowest BCUT2D eigenvalue weighted by Gasteiger charge is -2.10. The number of hydrogen-bond acceptors (Lipinski definition) is 4. The van der Waals surface area contributed by atoms with E-state index in [-0.39, 0.29) is 11.8 Å². The van der Waals surface area contributed by atoms with Crippen molar-refractivity contribution in [3.63, 3.8) is 0 Å². The number of rotatable bonds is 5. The summed E-state index contributed by atoms with van der Waals surface area (Å²) in [6, 6.07) is 7.58. The van der Waals surface area contributed by atoms with Crippen LogP contribution in [0.5, 0.6) is 5.75 Å².